The zero-order chi connectivity index (χ0) is 14.2. The number of quaternary nitrogens is 1. The lowest BCUT2D eigenvalue weighted by atomic mass is 10.1. The molecule has 2 nitrogen and oxygen atoms in total. The predicted octanol–water partition coefficient (Wildman–Crippen LogP) is 0.199. The Labute approximate surface area is 138 Å². The Morgan fingerprint density at radius 2 is 1.05 bits per heavy atom. The molecule has 0 aromatic heterocycles. The third-order valence-corrected chi connectivity index (χ3v) is 4.00. The van der Waals surface area contributed by atoms with Crippen molar-refractivity contribution >= 4 is 0 Å². The highest BCUT2D eigenvalue weighted by Crippen LogP contribution is 2.11. The van der Waals surface area contributed by atoms with Gasteiger partial charge in [0.2, 0.25) is 0 Å². The van der Waals surface area contributed by atoms with Crippen molar-refractivity contribution in [2.45, 2.75) is 84.0 Å². The zero-order valence-corrected chi connectivity index (χ0v) is 15.5. The lowest BCUT2D eigenvalue weighted by molar-refractivity contribution is -0.880. The van der Waals surface area contributed by atoms with Crippen LogP contribution in [0.2, 0.25) is 0 Å². The van der Waals surface area contributed by atoms with Gasteiger partial charge in [-0.3, -0.25) is 0 Å². The van der Waals surface area contributed by atoms with Gasteiger partial charge in [0.1, 0.15) is 6.54 Å². The second kappa shape index (κ2) is 19.4. The molecule has 1 atom stereocenters. The first-order valence-electron chi connectivity index (χ1n) is 8.73. The minimum atomic E-state index is 0. The van der Waals surface area contributed by atoms with Crippen LogP contribution in [0.5, 0.6) is 0 Å². The first kappa shape index (κ1) is 22.7. The van der Waals surface area contributed by atoms with Crippen molar-refractivity contribution in [3.05, 3.63) is 0 Å². The molecule has 0 bridgehead atoms. The van der Waals surface area contributed by atoms with E-state index in [4.69, 9.17) is 5.11 Å². The minimum Gasteiger partial charge on any atom is -1.00 e. The fourth-order valence-electron chi connectivity index (χ4n) is 2.58. The van der Waals surface area contributed by atoms with Crippen LogP contribution in [0.25, 0.3) is 0 Å². The van der Waals surface area contributed by atoms with E-state index >= 15 is 0 Å². The van der Waals surface area contributed by atoms with Gasteiger partial charge in [-0.25, -0.2) is 0 Å². The quantitative estimate of drug-likeness (QED) is 0.405. The summed E-state index contributed by atoms with van der Waals surface area (Å²) in [7, 11) is 2.18. The number of aliphatic hydroxyl groups excluding tert-OH is 1. The van der Waals surface area contributed by atoms with Crippen molar-refractivity contribution in [2.24, 2.45) is 0 Å². The van der Waals surface area contributed by atoms with E-state index in [0.717, 1.165) is 6.54 Å². The third-order valence-electron chi connectivity index (χ3n) is 4.00. The van der Waals surface area contributed by atoms with Gasteiger partial charge in [-0.15, -0.1) is 0 Å². The van der Waals surface area contributed by atoms with Gasteiger partial charge in [-0.2, -0.15) is 0 Å². The highest BCUT2D eigenvalue weighted by molar-refractivity contribution is 4.48. The number of rotatable bonds is 15. The molecule has 0 aliphatic carbocycles. The van der Waals surface area contributed by atoms with Crippen LogP contribution in [0.15, 0.2) is 0 Å². The van der Waals surface area contributed by atoms with Crippen molar-refractivity contribution in [3.8, 4) is 0 Å². The molecule has 0 radical (unpaired) electrons. The van der Waals surface area contributed by atoms with E-state index in [1.165, 1.54) is 88.5 Å². The monoisotopic (exact) mass is 351 g/mol. The molecule has 1 unspecified atom stereocenters. The normalized spacial score (nSPS) is 12.2. The maximum atomic E-state index is 8.81. The molecule has 0 aliphatic rings. The van der Waals surface area contributed by atoms with Gasteiger partial charge in [0.15, 0.2) is 0 Å². The van der Waals surface area contributed by atoms with Gasteiger partial charge in [-0.05, 0) is 12.8 Å². The first-order valence-corrected chi connectivity index (χ1v) is 8.73. The van der Waals surface area contributed by atoms with Crippen molar-refractivity contribution in [1.29, 1.82) is 0 Å². The molecule has 0 saturated carbocycles. The second-order valence-corrected chi connectivity index (χ2v) is 6.07. The van der Waals surface area contributed by atoms with E-state index in [1.807, 2.05) is 0 Å². The van der Waals surface area contributed by atoms with E-state index in [-0.39, 0.29) is 17.0 Å². The van der Waals surface area contributed by atoms with Crippen LogP contribution in [-0.4, -0.2) is 31.9 Å². The molecular weight excluding hydrogens is 314 g/mol. The average molecular weight is 352 g/mol. The van der Waals surface area contributed by atoms with Crippen LogP contribution in [0.1, 0.15) is 84.0 Å². The molecule has 3 heteroatoms. The molecule has 0 fully saturated rings. The highest BCUT2D eigenvalue weighted by Gasteiger charge is 1.99. The Balaban J connectivity index is 0. The number of nitrogens with one attached hydrogen (secondary N) is 1. The van der Waals surface area contributed by atoms with E-state index in [2.05, 4.69) is 14.0 Å². The van der Waals surface area contributed by atoms with Gasteiger partial charge in [0, 0.05) is 0 Å². The summed E-state index contributed by atoms with van der Waals surface area (Å²) in [5, 5.41) is 8.81. The summed E-state index contributed by atoms with van der Waals surface area (Å²) in [6, 6.07) is 0. The summed E-state index contributed by atoms with van der Waals surface area (Å²) in [6.45, 7) is 4.73. The van der Waals surface area contributed by atoms with E-state index in [9.17, 15) is 0 Å². The van der Waals surface area contributed by atoms with Crippen LogP contribution in [0.3, 0.4) is 0 Å². The van der Waals surface area contributed by atoms with E-state index < -0.39 is 0 Å². The topological polar surface area (TPSA) is 24.7 Å². The lowest BCUT2D eigenvalue weighted by Gasteiger charge is -2.11. The number of unbranched alkanes of at least 4 members (excludes halogenated alkanes) is 11. The highest BCUT2D eigenvalue weighted by atomic mass is 79.9. The third kappa shape index (κ3) is 18.4. The van der Waals surface area contributed by atoms with Crippen molar-refractivity contribution in [1.82, 2.24) is 0 Å². The molecule has 20 heavy (non-hydrogen) atoms. The van der Waals surface area contributed by atoms with Crippen LogP contribution in [-0.2, 0) is 0 Å². The molecular formula is C17H38BrNO. The number of hydrogen-bond acceptors (Lipinski definition) is 1. The van der Waals surface area contributed by atoms with E-state index in [0.29, 0.717) is 6.61 Å². The summed E-state index contributed by atoms with van der Waals surface area (Å²) < 4.78 is 0. The Bertz CT molecular complexity index is 167. The van der Waals surface area contributed by atoms with E-state index in [1.54, 1.807) is 0 Å². The Hall–Kier alpha value is 0.400. The molecule has 0 amide bonds. The Morgan fingerprint density at radius 1 is 0.650 bits per heavy atom. The molecule has 0 spiro atoms. The first-order chi connectivity index (χ1) is 9.31. The largest absolute Gasteiger partial charge is 1.00 e. The fourth-order valence-corrected chi connectivity index (χ4v) is 2.58. The molecule has 0 aliphatic heterocycles. The zero-order valence-electron chi connectivity index (χ0n) is 13.9. The SMILES string of the molecule is CCCCCCCCCCCCCC[NH+](C)CCO.[Br-]. The van der Waals surface area contributed by atoms with Crippen LogP contribution < -0.4 is 21.9 Å². The maximum absolute atomic E-state index is 8.81. The Kier molecular flexibility index (Phi) is 22.0. The van der Waals surface area contributed by atoms with Crippen molar-refractivity contribution < 1.29 is 27.0 Å². The van der Waals surface area contributed by atoms with Crippen LogP contribution in [0.4, 0.5) is 0 Å². The van der Waals surface area contributed by atoms with Crippen LogP contribution >= 0.6 is 0 Å². The minimum absolute atomic E-state index is 0. The number of aliphatic hydroxyl groups is 1. The molecule has 2 N–H and O–H groups in total. The standard InChI is InChI=1S/C17H37NO.BrH/c1-3-4-5-6-7-8-9-10-11-12-13-14-15-18(2)16-17-19;/h19H,3-17H2,1-2H3;1H. The average Bonchev–Trinajstić information content (AvgIpc) is 2.40. The van der Waals surface area contributed by atoms with Gasteiger partial charge >= 0.3 is 0 Å². The summed E-state index contributed by atoms with van der Waals surface area (Å²) in [6.07, 6.45) is 17.0. The smallest absolute Gasteiger partial charge is 0.100 e. The second-order valence-electron chi connectivity index (χ2n) is 6.07. The molecule has 0 aromatic carbocycles. The Morgan fingerprint density at radius 3 is 1.45 bits per heavy atom. The van der Waals surface area contributed by atoms with Gasteiger partial charge < -0.3 is 27.0 Å². The predicted molar refractivity (Wildman–Crippen MR) is 84.8 cm³/mol. The molecule has 0 rings (SSSR count). The molecule has 124 valence electrons. The van der Waals surface area contributed by atoms with Gasteiger partial charge in [0.05, 0.1) is 20.2 Å². The van der Waals surface area contributed by atoms with Gasteiger partial charge in [-0.1, -0.05) is 71.1 Å². The fraction of sp³-hybridized carbons (Fsp3) is 1.00. The molecule has 0 heterocycles. The van der Waals surface area contributed by atoms with Crippen LogP contribution in [0, 0.1) is 0 Å². The summed E-state index contributed by atoms with van der Waals surface area (Å²) in [4.78, 5) is 1.47. The molecule has 0 saturated heterocycles. The van der Waals surface area contributed by atoms with Gasteiger partial charge in [0.25, 0.3) is 0 Å². The number of halogens is 1. The number of likely N-dealkylation sites (N-methyl/N-ethyl adjacent to an activating group) is 1. The summed E-state index contributed by atoms with van der Waals surface area (Å²) in [5.41, 5.74) is 0. The number of hydrogen-bond donors (Lipinski definition) is 2. The lowest BCUT2D eigenvalue weighted by Crippen LogP contribution is -3.09. The maximum Gasteiger partial charge on any atom is 0.100 e. The summed E-state index contributed by atoms with van der Waals surface area (Å²) >= 11 is 0. The summed E-state index contributed by atoms with van der Waals surface area (Å²) in [5.74, 6) is 0. The van der Waals surface area contributed by atoms with Crippen molar-refractivity contribution in [2.75, 3.05) is 26.7 Å². The van der Waals surface area contributed by atoms with Crippen molar-refractivity contribution in [3.63, 3.8) is 0 Å². The molecule has 0 aromatic rings.